The number of nitrogens with zero attached hydrogens (tertiary/aromatic N) is 1. The Kier molecular flexibility index (Phi) is 5.16. The topological polar surface area (TPSA) is 77.8 Å². The number of carbonyl (C=O) groups is 2. The van der Waals surface area contributed by atoms with Crippen molar-refractivity contribution in [3.05, 3.63) is 46.2 Å². The summed E-state index contributed by atoms with van der Waals surface area (Å²) in [6, 6.07) is 7.74. The monoisotopic (exact) mass is 319 g/mol. The number of carboxylic acid groups (broad SMARTS) is 1. The van der Waals surface area contributed by atoms with Crippen LogP contribution in [0.5, 0.6) is 5.75 Å². The van der Waals surface area contributed by atoms with E-state index in [1.54, 1.807) is 23.1 Å². The van der Waals surface area contributed by atoms with Gasteiger partial charge >= 0.3 is 5.97 Å². The van der Waals surface area contributed by atoms with E-state index in [1.165, 1.54) is 23.5 Å². The second-order valence-corrected chi connectivity index (χ2v) is 5.74. The minimum Gasteiger partial charge on any atom is -0.507 e. The molecule has 1 amide bonds. The predicted molar refractivity (Wildman–Crippen MR) is 86.0 cm³/mol. The molecular formula is C16H17NO4S. The standard InChI is InChI=1S/C16H17NO4S/c1-2-3-8-17(15(19)14-5-4-9-22-14)11-6-7-13(18)12(10-11)16(20)21/h4-7,9-10,18H,2-3,8H2,1H3,(H,20,21). The predicted octanol–water partition coefficient (Wildman–Crippen LogP) is 3.60. The van der Waals surface area contributed by atoms with Gasteiger partial charge in [-0.3, -0.25) is 4.79 Å². The molecule has 0 fully saturated rings. The van der Waals surface area contributed by atoms with Crippen LogP contribution in [0.2, 0.25) is 0 Å². The van der Waals surface area contributed by atoms with Gasteiger partial charge in [0.25, 0.3) is 5.91 Å². The number of carbonyl (C=O) groups excluding carboxylic acids is 1. The summed E-state index contributed by atoms with van der Waals surface area (Å²) in [7, 11) is 0. The number of hydrogen-bond donors (Lipinski definition) is 2. The minimum atomic E-state index is -1.22. The molecule has 22 heavy (non-hydrogen) atoms. The van der Waals surface area contributed by atoms with Gasteiger partial charge in [-0.1, -0.05) is 19.4 Å². The van der Waals surface area contributed by atoms with E-state index < -0.39 is 5.97 Å². The third-order valence-corrected chi connectivity index (χ3v) is 4.09. The quantitative estimate of drug-likeness (QED) is 0.853. The first-order chi connectivity index (χ1) is 10.5. The molecule has 116 valence electrons. The van der Waals surface area contributed by atoms with Crippen molar-refractivity contribution < 1.29 is 19.8 Å². The number of thiophene rings is 1. The van der Waals surface area contributed by atoms with Crippen LogP contribution in [0.3, 0.4) is 0 Å². The fourth-order valence-corrected chi connectivity index (χ4v) is 2.73. The third kappa shape index (κ3) is 3.46. The first-order valence-electron chi connectivity index (χ1n) is 6.96. The number of hydrogen-bond acceptors (Lipinski definition) is 4. The van der Waals surface area contributed by atoms with Crippen LogP contribution in [-0.2, 0) is 0 Å². The Bertz CT molecular complexity index is 667. The lowest BCUT2D eigenvalue weighted by Crippen LogP contribution is -2.31. The number of aromatic carboxylic acids is 1. The van der Waals surface area contributed by atoms with Crippen LogP contribution in [0.4, 0.5) is 5.69 Å². The van der Waals surface area contributed by atoms with Gasteiger partial charge in [-0.25, -0.2) is 4.79 Å². The summed E-state index contributed by atoms with van der Waals surface area (Å²) < 4.78 is 0. The first kappa shape index (κ1) is 16.0. The Balaban J connectivity index is 2.39. The number of phenols is 1. The van der Waals surface area contributed by atoms with E-state index in [9.17, 15) is 14.7 Å². The molecule has 1 heterocycles. The summed E-state index contributed by atoms with van der Waals surface area (Å²) in [6.45, 7) is 2.52. The van der Waals surface area contributed by atoms with E-state index in [0.717, 1.165) is 12.8 Å². The summed E-state index contributed by atoms with van der Waals surface area (Å²) in [5.41, 5.74) is 0.264. The van der Waals surface area contributed by atoms with E-state index in [1.807, 2.05) is 12.3 Å². The maximum absolute atomic E-state index is 12.6. The van der Waals surface area contributed by atoms with Crippen molar-refractivity contribution in [2.24, 2.45) is 0 Å². The Morgan fingerprint density at radius 2 is 2.05 bits per heavy atom. The number of unbranched alkanes of at least 4 members (excludes halogenated alkanes) is 1. The van der Waals surface area contributed by atoms with Gasteiger partial charge in [-0.15, -0.1) is 11.3 Å². The Hall–Kier alpha value is -2.34. The van der Waals surface area contributed by atoms with E-state index >= 15 is 0 Å². The van der Waals surface area contributed by atoms with Crippen molar-refractivity contribution in [1.82, 2.24) is 0 Å². The zero-order valence-corrected chi connectivity index (χ0v) is 13.0. The minimum absolute atomic E-state index is 0.162. The lowest BCUT2D eigenvalue weighted by molar-refractivity contribution is 0.0693. The molecule has 0 aliphatic rings. The molecule has 0 radical (unpaired) electrons. The van der Waals surface area contributed by atoms with E-state index in [0.29, 0.717) is 17.1 Å². The molecule has 0 spiro atoms. The molecular weight excluding hydrogens is 302 g/mol. The van der Waals surface area contributed by atoms with Gasteiger partial charge in [0, 0.05) is 12.2 Å². The molecule has 6 heteroatoms. The van der Waals surface area contributed by atoms with Gasteiger partial charge < -0.3 is 15.1 Å². The summed E-state index contributed by atoms with van der Waals surface area (Å²) in [5, 5.41) is 20.5. The van der Waals surface area contributed by atoms with Crippen molar-refractivity contribution >= 4 is 28.9 Å². The number of aromatic hydroxyl groups is 1. The van der Waals surface area contributed by atoms with Crippen LogP contribution >= 0.6 is 11.3 Å². The van der Waals surface area contributed by atoms with Gasteiger partial charge in [0.05, 0.1) is 4.88 Å². The molecule has 0 bridgehead atoms. The largest absolute Gasteiger partial charge is 0.507 e. The summed E-state index contributed by atoms with van der Waals surface area (Å²) in [4.78, 5) is 25.9. The smallest absolute Gasteiger partial charge is 0.339 e. The highest BCUT2D eigenvalue weighted by molar-refractivity contribution is 7.12. The molecule has 5 nitrogen and oxygen atoms in total. The molecule has 1 aromatic heterocycles. The lowest BCUT2D eigenvalue weighted by Gasteiger charge is -2.22. The molecule has 2 N–H and O–H groups in total. The average Bonchev–Trinajstić information content (AvgIpc) is 3.02. The van der Waals surface area contributed by atoms with Crippen molar-refractivity contribution in [1.29, 1.82) is 0 Å². The zero-order chi connectivity index (χ0) is 16.1. The molecule has 0 unspecified atom stereocenters. The maximum Gasteiger partial charge on any atom is 0.339 e. The molecule has 0 aliphatic heterocycles. The molecule has 0 saturated carbocycles. The van der Waals surface area contributed by atoms with Gasteiger partial charge in [0.15, 0.2) is 0 Å². The van der Waals surface area contributed by atoms with Crippen LogP contribution in [-0.4, -0.2) is 28.6 Å². The molecule has 2 aromatic rings. The molecule has 0 atom stereocenters. The van der Waals surface area contributed by atoms with Crippen molar-refractivity contribution in [2.45, 2.75) is 19.8 Å². The summed E-state index contributed by atoms with van der Waals surface area (Å²) in [6.07, 6.45) is 1.72. The Labute approximate surface area is 132 Å². The first-order valence-corrected chi connectivity index (χ1v) is 7.84. The molecule has 0 aliphatic carbocycles. The fraction of sp³-hybridized carbons (Fsp3) is 0.250. The Morgan fingerprint density at radius 3 is 2.64 bits per heavy atom. The van der Waals surface area contributed by atoms with Gasteiger partial charge in [-0.05, 0) is 36.1 Å². The van der Waals surface area contributed by atoms with Gasteiger partial charge in [0.2, 0.25) is 0 Å². The highest BCUT2D eigenvalue weighted by Gasteiger charge is 2.20. The highest BCUT2D eigenvalue weighted by Crippen LogP contribution is 2.26. The van der Waals surface area contributed by atoms with E-state index in [-0.39, 0.29) is 17.2 Å². The van der Waals surface area contributed by atoms with Crippen LogP contribution in [0.25, 0.3) is 0 Å². The zero-order valence-electron chi connectivity index (χ0n) is 12.2. The Morgan fingerprint density at radius 1 is 1.27 bits per heavy atom. The van der Waals surface area contributed by atoms with Crippen molar-refractivity contribution in [2.75, 3.05) is 11.4 Å². The average molecular weight is 319 g/mol. The number of rotatable bonds is 6. The molecule has 2 rings (SSSR count). The number of benzene rings is 1. The second kappa shape index (κ2) is 7.09. The molecule has 0 saturated heterocycles. The third-order valence-electron chi connectivity index (χ3n) is 3.23. The van der Waals surface area contributed by atoms with Gasteiger partial charge in [-0.2, -0.15) is 0 Å². The van der Waals surface area contributed by atoms with Crippen LogP contribution < -0.4 is 4.90 Å². The van der Waals surface area contributed by atoms with E-state index in [2.05, 4.69) is 0 Å². The fourth-order valence-electron chi connectivity index (χ4n) is 2.06. The number of anilines is 1. The highest BCUT2D eigenvalue weighted by atomic mass is 32.1. The summed E-state index contributed by atoms with van der Waals surface area (Å²) in [5.74, 6) is -1.70. The van der Waals surface area contributed by atoms with Crippen molar-refractivity contribution in [3.8, 4) is 5.75 Å². The molecule has 1 aromatic carbocycles. The summed E-state index contributed by atoms with van der Waals surface area (Å²) >= 11 is 1.34. The van der Waals surface area contributed by atoms with Gasteiger partial charge in [0.1, 0.15) is 11.3 Å². The second-order valence-electron chi connectivity index (χ2n) is 4.79. The number of amides is 1. The SMILES string of the molecule is CCCCN(C(=O)c1cccs1)c1ccc(O)c(C(=O)O)c1. The van der Waals surface area contributed by atoms with Crippen LogP contribution in [0.1, 0.15) is 39.8 Å². The van der Waals surface area contributed by atoms with Crippen molar-refractivity contribution in [3.63, 3.8) is 0 Å². The lowest BCUT2D eigenvalue weighted by atomic mass is 10.1. The van der Waals surface area contributed by atoms with Crippen LogP contribution in [0, 0.1) is 0 Å². The van der Waals surface area contributed by atoms with E-state index in [4.69, 9.17) is 5.11 Å². The number of carboxylic acids is 1. The van der Waals surface area contributed by atoms with Crippen LogP contribution in [0.15, 0.2) is 35.7 Å². The maximum atomic E-state index is 12.6. The normalized spacial score (nSPS) is 10.4.